The maximum Gasteiger partial charge on any atom is 0.309 e. The van der Waals surface area contributed by atoms with Crippen molar-refractivity contribution in [2.24, 2.45) is 5.92 Å². The fourth-order valence-electron chi connectivity index (χ4n) is 3.99. The largest absolute Gasteiger partial charge is 0.497 e. The molecular weight excluding hydrogens is 404 g/mol. The van der Waals surface area contributed by atoms with Gasteiger partial charge in [0.1, 0.15) is 11.6 Å². The summed E-state index contributed by atoms with van der Waals surface area (Å²) in [6.07, 6.45) is 1.46. The van der Waals surface area contributed by atoms with E-state index in [9.17, 15) is 9.90 Å². The van der Waals surface area contributed by atoms with Gasteiger partial charge in [0.2, 0.25) is 10.8 Å². The summed E-state index contributed by atoms with van der Waals surface area (Å²) in [5, 5.41) is 15.2. The quantitative estimate of drug-likeness (QED) is 0.601. The summed E-state index contributed by atoms with van der Waals surface area (Å²) in [6, 6.07) is 7.72. The van der Waals surface area contributed by atoms with E-state index in [1.807, 2.05) is 31.2 Å². The molecule has 1 saturated heterocycles. The van der Waals surface area contributed by atoms with Crippen molar-refractivity contribution in [2.45, 2.75) is 32.7 Å². The number of aryl methyl sites for hydroxylation is 1. The highest BCUT2D eigenvalue weighted by atomic mass is 32.1. The van der Waals surface area contributed by atoms with Crippen LogP contribution in [0.25, 0.3) is 4.96 Å². The maximum atomic E-state index is 12.1. The molecule has 0 unspecified atom stereocenters. The third-order valence-corrected chi connectivity index (χ3v) is 6.57. The molecule has 0 amide bonds. The summed E-state index contributed by atoms with van der Waals surface area (Å²) in [5.41, 5.74) is 1.04. The van der Waals surface area contributed by atoms with Gasteiger partial charge in [-0.3, -0.25) is 9.69 Å². The minimum Gasteiger partial charge on any atom is -0.497 e. The number of ether oxygens (including phenoxy) is 2. The molecule has 9 heteroatoms. The SMILES string of the molecule is CCOC(=O)C1CCN([C@H](c2ccc(OC)cc2)c2sc3nc(C)nn3c2O)CC1. The number of carbonyl (C=O) groups is 1. The standard InChI is InChI=1S/C21H26N4O4S/c1-4-29-20(27)15-9-11-24(12-10-15)17(14-5-7-16(28-3)8-6-14)18-19(26)25-21(30-18)22-13(2)23-25/h5-8,15,17,26H,4,9-12H2,1-3H3/t17-/m1/s1. The van der Waals surface area contributed by atoms with Crippen LogP contribution in [0.2, 0.25) is 0 Å². The molecule has 1 aliphatic rings. The molecule has 2 aromatic heterocycles. The molecule has 8 nitrogen and oxygen atoms in total. The molecule has 30 heavy (non-hydrogen) atoms. The average Bonchev–Trinajstić information content (AvgIpc) is 3.26. The predicted octanol–water partition coefficient (Wildman–Crippen LogP) is 3.18. The van der Waals surface area contributed by atoms with Crippen molar-refractivity contribution in [1.29, 1.82) is 0 Å². The minimum absolute atomic E-state index is 0.0729. The van der Waals surface area contributed by atoms with Crippen LogP contribution in [-0.4, -0.2) is 57.4 Å². The van der Waals surface area contributed by atoms with E-state index >= 15 is 0 Å². The highest BCUT2D eigenvalue weighted by Gasteiger charge is 2.34. The second-order valence-corrected chi connectivity index (χ2v) is 8.39. The number of hydrogen-bond donors (Lipinski definition) is 1. The summed E-state index contributed by atoms with van der Waals surface area (Å²) < 4.78 is 12.0. The second-order valence-electron chi connectivity index (χ2n) is 7.38. The van der Waals surface area contributed by atoms with E-state index in [1.165, 1.54) is 15.9 Å². The van der Waals surface area contributed by atoms with Gasteiger partial charge in [0, 0.05) is 0 Å². The van der Waals surface area contributed by atoms with Crippen LogP contribution in [-0.2, 0) is 9.53 Å². The van der Waals surface area contributed by atoms with E-state index in [-0.39, 0.29) is 23.8 Å². The number of esters is 1. The average molecular weight is 431 g/mol. The summed E-state index contributed by atoms with van der Waals surface area (Å²) in [4.78, 5) is 20.3. The number of methoxy groups -OCH3 is 1. The zero-order valence-corrected chi connectivity index (χ0v) is 18.2. The fourth-order valence-corrected chi connectivity index (χ4v) is 5.16. The van der Waals surface area contributed by atoms with Gasteiger partial charge in [-0.2, -0.15) is 4.52 Å². The molecule has 1 aliphatic heterocycles. The van der Waals surface area contributed by atoms with Crippen LogP contribution in [0.1, 0.15) is 42.1 Å². The Hall–Kier alpha value is -2.65. The lowest BCUT2D eigenvalue weighted by Gasteiger charge is -2.36. The first kappa shape index (κ1) is 20.6. The van der Waals surface area contributed by atoms with E-state index in [2.05, 4.69) is 15.0 Å². The second kappa shape index (κ2) is 8.61. The van der Waals surface area contributed by atoms with E-state index in [1.54, 1.807) is 14.0 Å². The zero-order valence-electron chi connectivity index (χ0n) is 17.4. The van der Waals surface area contributed by atoms with Crippen LogP contribution in [0, 0.1) is 12.8 Å². The van der Waals surface area contributed by atoms with Crippen molar-refractivity contribution in [2.75, 3.05) is 26.8 Å². The summed E-state index contributed by atoms with van der Waals surface area (Å²) in [5.74, 6) is 1.33. The number of aromatic nitrogens is 3. The van der Waals surface area contributed by atoms with Crippen LogP contribution in [0.15, 0.2) is 24.3 Å². The minimum atomic E-state index is -0.159. The Labute approximate surface area is 179 Å². The summed E-state index contributed by atoms with van der Waals surface area (Å²) in [6.45, 7) is 5.50. The Kier molecular flexibility index (Phi) is 5.92. The topological polar surface area (TPSA) is 89.2 Å². The number of rotatable bonds is 6. The first-order valence-electron chi connectivity index (χ1n) is 10.1. The van der Waals surface area contributed by atoms with Crippen molar-refractivity contribution in [3.8, 4) is 11.6 Å². The van der Waals surface area contributed by atoms with E-state index in [0.29, 0.717) is 17.4 Å². The Morgan fingerprint density at radius 3 is 2.60 bits per heavy atom. The van der Waals surface area contributed by atoms with Crippen molar-refractivity contribution >= 4 is 22.3 Å². The number of likely N-dealkylation sites (tertiary alicyclic amines) is 1. The number of nitrogens with zero attached hydrogens (tertiary/aromatic N) is 4. The Morgan fingerprint density at radius 2 is 2.00 bits per heavy atom. The van der Waals surface area contributed by atoms with Gasteiger partial charge in [0.05, 0.1) is 30.6 Å². The molecule has 0 saturated carbocycles. The lowest BCUT2D eigenvalue weighted by atomic mass is 9.93. The third-order valence-electron chi connectivity index (χ3n) is 5.50. The van der Waals surface area contributed by atoms with Gasteiger partial charge in [0.15, 0.2) is 0 Å². The van der Waals surface area contributed by atoms with Gasteiger partial charge in [0.25, 0.3) is 0 Å². The molecule has 1 fully saturated rings. The number of carbonyl (C=O) groups excluding carboxylic acids is 1. The van der Waals surface area contributed by atoms with Gasteiger partial charge >= 0.3 is 5.97 Å². The van der Waals surface area contributed by atoms with Crippen molar-refractivity contribution in [1.82, 2.24) is 19.5 Å². The molecule has 1 aromatic carbocycles. The Balaban J connectivity index is 1.66. The van der Waals surface area contributed by atoms with Gasteiger partial charge in [-0.05, 0) is 57.5 Å². The number of benzene rings is 1. The molecule has 0 bridgehead atoms. The first-order valence-corrected chi connectivity index (χ1v) is 10.9. The van der Waals surface area contributed by atoms with Gasteiger partial charge in [-0.1, -0.05) is 23.5 Å². The van der Waals surface area contributed by atoms with Crippen molar-refractivity contribution in [3.63, 3.8) is 0 Å². The molecule has 1 atom stereocenters. The summed E-state index contributed by atoms with van der Waals surface area (Å²) >= 11 is 1.44. The monoisotopic (exact) mass is 430 g/mol. The lowest BCUT2D eigenvalue weighted by molar-refractivity contribution is -0.149. The normalized spacial score (nSPS) is 16.6. The summed E-state index contributed by atoms with van der Waals surface area (Å²) in [7, 11) is 1.64. The van der Waals surface area contributed by atoms with Crippen molar-refractivity contribution in [3.05, 3.63) is 40.5 Å². The number of piperidine rings is 1. The zero-order chi connectivity index (χ0) is 21.3. The van der Waals surface area contributed by atoms with Gasteiger partial charge in [-0.15, -0.1) is 5.10 Å². The molecule has 160 valence electrons. The molecular formula is C21H26N4O4S. The molecule has 1 N–H and O–H groups in total. The number of hydrogen-bond acceptors (Lipinski definition) is 8. The highest BCUT2D eigenvalue weighted by molar-refractivity contribution is 7.17. The highest BCUT2D eigenvalue weighted by Crippen LogP contribution is 2.41. The number of aromatic hydroxyl groups is 1. The van der Waals surface area contributed by atoms with Crippen LogP contribution in [0.3, 0.4) is 0 Å². The fraction of sp³-hybridized carbons (Fsp3) is 0.476. The predicted molar refractivity (Wildman–Crippen MR) is 113 cm³/mol. The van der Waals surface area contributed by atoms with Gasteiger partial charge < -0.3 is 14.6 Å². The number of fused-ring (bicyclic) bond motifs is 1. The lowest BCUT2D eigenvalue weighted by Crippen LogP contribution is -2.39. The third kappa shape index (κ3) is 3.87. The van der Waals surface area contributed by atoms with Crippen LogP contribution >= 0.6 is 11.3 Å². The van der Waals surface area contributed by atoms with E-state index in [0.717, 1.165) is 42.1 Å². The maximum absolute atomic E-state index is 12.1. The van der Waals surface area contributed by atoms with Crippen molar-refractivity contribution < 1.29 is 19.4 Å². The molecule has 0 spiro atoms. The Morgan fingerprint density at radius 1 is 1.30 bits per heavy atom. The van der Waals surface area contributed by atoms with Crippen LogP contribution < -0.4 is 4.74 Å². The van der Waals surface area contributed by atoms with Crippen LogP contribution in [0.4, 0.5) is 0 Å². The molecule has 3 heterocycles. The first-order chi connectivity index (χ1) is 14.5. The van der Waals surface area contributed by atoms with E-state index < -0.39 is 0 Å². The van der Waals surface area contributed by atoms with Gasteiger partial charge in [-0.25, -0.2) is 4.98 Å². The molecule has 0 radical (unpaired) electrons. The Bertz CT molecular complexity index is 1020. The van der Waals surface area contributed by atoms with Crippen LogP contribution in [0.5, 0.6) is 11.6 Å². The molecule has 4 rings (SSSR count). The smallest absolute Gasteiger partial charge is 0.309 e. The number of thiazole rings is 1. The molecule has 0 aliphatic carbocycles. The van der Waals surface area contributed by atoms with E-state index in [4.69, 9.17) is 9.47 Å². The molecule has 3 aromatic rings.